The van der Waals surface area contributed by atoms with E-state index in [0.29, 0.717) is 24.9 Å². The van der Waals surface area contributed by atoms with E-state index in [-0.39, 0.29) is 6.10 Å². The highest BCUT2D eigenvalue weighted by molar-refractivity contribution is 5.29. The largest absolute Gasteiger partial charge is 0.487 e. The summed E-state index contributed by atoms with van der Waals surface area (Å²) in [5.41, 5.74) is -0.687. The normalized spacial score (nSPS) is 13.6. The summed E-state index contributed by atoms with van der Waals surface area (Å²) in [7, 11) is 1.55. The number of methoxy groups -OCH3 is 1. The molecule has 114 valence electrons. The van der Waals surface area contributed by atoms with Gasteiger partial charge in [-0.25, -0.2) is 0 Å². The summed E-state index contributed by atoms with van der Waals surface area (Å²) in [5, 5.41) is 3.20. The Balaban J connectivity index is 2.64. The molecule has 0 aliphatic heterocycles. The van der Waals surface area contributed by atoms with Crippen LogP contribution in [-0.2, 0) is 10.9 Å². The van der Waals surface area contributed by atoms with Gasteiger partial charge in [0.2, 0.25) is 0 Å². The van der Waals surface area contributed by atoms with Gasteiger partial charge in [0.15, 0.2) is 0 Å². The molecule has 3 nitrogen and oxygen atoms in total. The highest BCUT2D eigenvalue weighted by Gasteiger charge is 2.30. The third kappa shape index (κ3) is 5.79. The molecule has 1 atom stereocenters. The van der Waals surface area contributed by atoms with Crippen LogP contribution >= 0.6 is 0 Å². The fourth-order valence-electron chi connectivity index (χ4n) is 1.60. The highest BCUT2D eigenvalue weighted by Crippen LogP contribution is 2.30. The Morgan fingerprint density at radius 2 is 1.75 bits per heavy atom. The fourth-order valence-corrected chi connectivity index (χ4v) is 1.60. The zero-order valence-electron chi connectivity index (χ0n) is 11.8. The Kier molecular flexibility index (Phi) is 6.29. The lowest BCUT2D eigenvalue weighted by Gasteiger charge is -2.20. The molecule has 0 heterocycles. The van der Waals surface area contributed by atoms with Crippen molar-refractivity contribution in [1.29, 1.82) is 0 Å². The van der Waals surface area contributed by atoms with E-state index < -0.39 is 11.7 Å². The van der Waals surface area contributed by atoms with Crippen molar-refractivity contribution in [2.45, 2.75) is 32.2 Å². The first-order valence-electron chi connectivity index (χ1n) is 6.39. The molecular formula is C14H20F3NO2. The smallest absolute Gasteiger partial charge is 0.416 e. The number of halogens is 3. The third-order valence-corrected chi connectivity index (χ3v) is 2.59. The van der Waals surface area contributed by atoms with Crippen LogP contribution in [0.3, 0.4) is 0 Å². The Labute approximate surface area is 117 Å². The van der Waals surface area contributed by atoms with E-state index in [9.17, 15) is 13.2 Å². The van der Waals surface area contributed by atoms with Crippen molar-refractivity contribution in [3.05, 3.63) is 29.8 Å². The number of hydrogen-bond donors (Lipinski definition) is 1. The summed E-state index contributed by atoms with van der Waals surface area (Å²) >= 11 is 0. The van der Waals surface area contributed by atoms with Crippen molar-refractivity contribution in [2.75, 3.05) is 20.3 Å². The van der Waals surface area contributed by atoms with E-state index in [1.807, 2.05) is 13.8 Å². The molecule has 1 rings (SSSR count). The molecule has 0 saturated heterocycles. The number of hydrogen-bond acceptors (Lipinski definition) is 3. The van der Waals surface area contributed by atoms with E-state index in [1.54, 1.807) is 7.11 Å². The lowest BCUT2D eigenvalue weighted by molar-refractivity contribution is -0.137. The second-order valence-corrected chi connectivity index (χ2v) is 4.78. The van der Waals surface area contributed by atoms with Gasteiger partial charge < -0.3 is 14.8 Å². The van der Waals surface area contributed by atoms with Gasteiger partial charge in [0.1, 0.15) is 11.9 Å². The van der Waals surface area contributed by atoms with Crippen LogP contribution in [0.15, 0.2) is 24.3 Å². The van der Waals surface area contributed by atoms with Crippen LogP contribution in [0, 0.1) is 0 Å². The van der Waals surface area contributed by atoms with Gasteiger partial charge in [0, 0.05) is 19.7 Å². The second-order valence-electron chi connectivity index (χ2n) is 4.78. The number of nitrogens with one attached hydrogen (secondary N) is 1. The maximum Gasteiger partial charge on any atom is 0.416 e. The van der Waals surface area contributed by atoms with Crippen LogP contribution in [-0.4, -0.2) is 32.4 Å². The summed E-state index contributed by atoms with van der Waals surface area (Å²) in [6.45, 7) is 4.93. The topological polar surface area (TPSA) is 30.5 Å². The molecule has 0 saturated carbocycles. The number of alkyl halides is 3. The zero-order chi connectivity index (χ0) is 15.2. The van der Waals surface area contributed by atoms with Gasteiger partial charge in [-0.2, -0.15) is 13.2 Å². The van der Waals surface area contributed by atoms with Crippen molar-refractivity contribution in [3.8, 4) is 5.75 Å². The molecule has 0 fully saturated rings. The first-order valence-corrected chi connectivity index (χ1v) is 6.39. The summed E-state index contributed by atoms with van der Waals surface area (Å²) in [6.07, 6.45) is -4.58. The van der Waals surface area contributed by atoms with Crippen LogP contribution in [0.2, 0.25) is 0 Å². The molecule has 0 aliphatic rings. The molecule has 1 aromatic rings. The van der Waals surface area contributed by atoms with E-state index >= 15 is 0 Å². The van der Waals surface area contributed by atoms with Gasteiger partial charge in [0.05, 0.1) is 12.2 Å². The van der Waals surface area contributed by atoms with E-state index in [1.165, 1.54) is 12.1 Å². The molecule has 0 aromatic heterocycles. The van der Waals surface area contributed by atoms with Crippen LogP contribution in [0.1, 0.15) is 19.4 Å². The van der Waals surface area contributed by atoms with Crippen molar-refractivity contribution in [1.82, 2.24) is 5.32 Å². The van der Waals surface area contributed by atoms with Crippen LogP contribution < -0.4 is 10.1 Å². The number of rotatable bonds is 7. The molecule has 0 bridgehead atoms. The van der Waals surface area contributed by atoms with Crippen LogP contribution in [0.4, 0.5) is 13.2 Å². The van der Waals surface area contributed by atoms with Gasteiger partial charge in [-0.3, -0.25) is 0 Å². The Bertz CT molecular complexity index is 390. The Morgan fingerprint density at radius 3 is 2.20 bits per heavy atom. The monoisotopic (exact) mass is 291 g/mol. The second kappa shape index (κ2) is 7.50. The molecule has 6 heteroatoms. The first-order chi connectivity index (χ1) is 9.32. The maximum atomic E-state index is 12.4. The fraction of sp³-hybridized carbons (Fsp3) is 0.571. The van der Waals surface area contributed by atoms with Crippen molar-refractivity contribution in [2.24, 2.45) is 0 Å². The minimum absolute atomic E-state index is 0.251. The molecule has 1 N–H and O–H groups in total. The SMILES string of the molecule is COCC(CNC(C)C)Oc1ccc(C(F)(F)F)cc1. The number of benzene rings is 1. The summed E-state index contributed by atoms with van der Waals surface area (Å²) in [6, 6.07) is 4.96. The number of ether oxygens (including phenoxy) is 2. The quantitative estimate of drug-likeness (QED) is 0.837. The standard InChI is InChI=1S/C14H20F3NO2/c1-10(2)18-8-13(9-19-3)20-12-6-4-11(5-7-12)14(15,16)17/h4-7,10,13,18H,8-9H2,1-3H3. The molecule has 0 spiro atoms. The lowest BCUT2D eigenvalue weighted by atomic mass is 10.2. The van der Waals surface area contributed by atoms with Gasteiger partial charge in [-0.1, -0.05) is 13.8 Å². The summed E-state index contributed by atoms with van der Waals surface area (Å²) in [4.78, 5) is 0. The zero-order valence-corrected chi connectivity index (χ0v) is 11.8. The molecule has 0 amide bonds. The minimum Gasteiger partial charge on any atom is -0.487 e. The van der Waals surface area contributed by atoms with Crippen molar-refractivity contribution < 1.29 is 22.6 Å². The minimum atomic E-state index is -4.33. The Hall–Kier alpha value is -1.27. The molecule has 1 aromatic carbocycles. The van der Waals surface area contributed by atoms with E-state index in [4.69, 9.17) is 9.47 Å². The molecule has 0 aliphatic carbocycles. The maximum absolute atomic E-state index is 12.4. The van der Waals surface area contributed by atoms with E-state index in [2.05, 4.69) is 5.32 Å². The van der Waals surface area contributed by atoms with Gasteiger partial charge >= 0.3 is 6.18 Å². The summed E-state index contributed by atoms with van der Waals surface area (Å²) in [5.74, 6) is 0.394. The molecule has 20 heavy (non-hydrogen) atoms. The van der Waals surface area contributed by atoms with Crippen molar-refractivity contribution >= 4 is 0 Å². The predicted octanol–water partition coefficient (Wildman–Crippen LogP) is 3.10. The summed E-state index contributed by atoms with van der Waals surface area (Å²) < 4.78 is 48.0. The first kappa shape index (κ1) is 16.8. The van der Waals surface area contributed by atoms with E-state index in [0.717, 1.165) is 12.1 Å². The van der Waals surface area contributed by atoms with Gasteiger partial charge in [-0.15, -0.1) is 0 Å². The molecule has 0 radical (unpaired) electrons. The van der Waals surface area contributed by atoms with Crippen LogP contribution in [0.5, 0.6) is 5.75 Å². The highest BCUT2D eigenvalue weighted by atomic mass is 19.4. The van der Waals surface area contributed by atoms with Gasteiger partial charge in [0.25, 0.3) is 0 Å². The van der Waals surface area contributed by atoms with Crippen molar-refractivity contribution in [3.63, 3.8) is 0 Å². The van der Waals surface area contributed by atoms with Crippen LogP contribution in [0.25, 0.3) is 0 Å². The average molecular weight is 291 g/mol. The predicted molar refractivity (Wildman–Crippen MR) is 70.9 cm³/mol. The van der Waals surface area contributed by atoms with Gasteiger partial charge in [-0.05, 0) is 24.3 Å². The average Bonchev–Trinajstić information content (AvgIpc) is 2.36. The molecule has 1 unspecified atom stereocenters. The Morgan fingerprint density at radius 1 is 1.15 bits per heavy atom. The third-order valence-electron chi connectivity index (χ3n) is 2.59. The molecular weight excluding hydrogens is 271 g/mol. The lowest BCUT2D eigenvalue weighted by Crippen LogP contribution is -2.38.